The first-order valence-electron chi connectivity index (χ1n) is 7.28. The van der Waals surface area contributed by atoms with Crippen LogP contribution >= 0.6 is 0 Å². The van der Waals surface area contributed by atoms with Crippen LogP contribution in [0.15, 0.2) is 0 Å². The molecule has 0 aromatic heterocycles. The molecule has 110 valence electrons. The molecule has 0 unspecified atom stereocenters. The fourth-order valence-electron chi connectivity index (χ4n) is 3.47. The van der Waals surface area contributed by atoms with E-state index in [0.29, 0.717) is 43.7 Å². The molecule has 5 heteroatoms. The zero-order valence-electron chi connectivity index (χ0n) is 11.3. The molecule has 2 rings (SSSR count). The summed E-state index contributed by atoms with van der Waals surface area (Å²) in [7, 11) is 0. The molecule has 0 aromatic rings. The summed E-state index contributed by atoms with van der Waals surface area (Å²) in [5, 5.41) is 17.6. The molecule has 2 aliphatic heterocycles. The molecule has 2 fully saturated rings. The van der Waals surface area contributed by atoms with Gasteiger partial charge >= 0.3 is 5.97 Å². The van der Waals surface area contributed by atoms with Gasteiger partial charge in [0, 0.05) is 26.2 Å². The van der Waals surface area contributed by atoms with Crippen LogP contribution in [0.2, 0.25) is 0 Å². The number of ether oxygens (including phenoxy) is 2. The van der Waals surface area contributed by atoms with Crippen molar-refractivity contribution in [3.8, 4) is 0 Å². The highest BCUT2D eigenvalue weighted by molar-refractivity contribution is 5.66. The summed E-state index contributed by atoms with van der Waals surface area (Å²) in [6.45, 7) is 1.41. The van der Waals surface area contributed by atoms with Crippen LogP contribution in [0.3, 0.4) is 0 Å². The van der Waals surface area contributed by atoms with Crippen molar-refractivity contribution < 1.29 is 24.5 Å². The van der Waals surface area contributed by atoms with Crippen molar-refractivity contribution >= 4 is 5.97 Å². The molecule has 2 heterocycles. The Morgan fingerprint density at radius 3 is 2.47 bits per heavy atom. The standard InChI is InChI=1S/C14H24O5/c15-7-5-10-11(13-4-3-12(10)19-13)6-9-18-8-1-2-14(16)17/h10-13,15H,1-9H2,(H,16,17)/t10-,11+,12-,13+/m0/s1. The number of aliphatic hydroxyl groups is 1. The fraction of sp³-hybridized carbons (Fsp3) is 0.929. The number of carboxylic acid groups (broad SMARTS) is 1. The summed E-state index contributed by atoms with van der Waals surface area (Å²) in [6, 6.07) is 0. The number of hydrogen-bond acceptors (Lipinski definition) is 4. The number of aliphatic carboxylic acids is 1. The lowest BCUT2D eigenvalue weighted by atomic mass is 9.76. The van der Waals surface area contributed by atoms with E-state index in [1.54, 1.807) is 0 Å². The number of rotatable bonds is 9. The van der Waals surface area contributed by atoms with E-state index in [4.69, 9.17) is 19.7 Å². The molecule has 0 aromatic carbocycles. The summed E-state index contributed by atoms with van der Waals surface area (Å²) in [6.07, 6.45) is 5.48. The normalized spacial score (nSPS) is 32.9. The predicted octanol–water partition coefficient (Wildman–Crippen LogP) is 1.43. The van der Waals surface area contributed by atoms with E-state index in [2.05, 4.69) is 0 Å². The first-order valence-corrected chi connectivity index (χ1v) is 7.28. The smallest absolute Gasteiger partial charge is 0.303 e. The largest absolute Gasteiger partial charge is 0.481 e. The highest BCUT2D eigenvalue weighted by Gasteiger charge is 2.47. The van der Waals surface area contributed by atoms with Crippen LogP contribution in [0.25, 0.3) is 0 Å². The lowest BCUT2D eigenvalue weighted by molar-refractivity contribution is -0.137. The van der Waals surface area contributed by atoms with Crippen molar-refractivity contribution in [2.45, 2.75) is 50.7 Å². The highest BCUT2D eigenvalue weighted by Crippen LogP contribution is 2.46. The zero-order valence-corrected chi connectivity index (χ0v) is 11.3. The maximum Gasteiger partial charge on any atom is 0.303 e. The van der Waals surface area contributed by atoms with Gasteiger partial charge in [0.25, 0.3) is 0 Å². The van der Waals surface area contributed by atoms with Crippen LogP contribution in [0.5, 0.6) is 0 Å². The topological polar surface area (TPSA) is 76.0 Å². The van der Waals surface area contributed by atoms with Crippen molar-refractivity contribution in [2.75, 3.05) is 19.8 Å². The minimum atomic E-state index is -0.770. The molecule has 0 amide bonds. The Balaban J connectivity index is 1.63. The van der Waals surface area contributed by atoms with E-state index in [1.807, 2.05) is 0 Å². The van der Waals surface area contributed by atoms with Crippen molar-refractivity contribution in [2.24, 2.45) is 11.8 Å². The minimum absolute atomic E-state index is 0.171. The van der Waals surface area contributed by atoms with E-state index in [0.717, 1.165) is 25.7 Å². The Bertz CT molecular complexity index is 294. The predicted molar refractivity (Wildman–Crippen MR) is 68.9 cm³/mol. The van der Waals surface area contributed by atoms with Crippen LogP contribution in [0, 0.1) is 11.8 Å². The molecule has 0 radical (unpaired) electrons. The van der Waals surface area contributed by atoms with E-state index >= 15 is 0 Å². The third kappa shape index (κ3) is 3.91. The molecule has 0 saturated carbocycles. The van der Waals surface area contributed by atoms with Gasteiger partial charge in [0.1, 0.15) is 0 Å². The quantitative estimate of drug-likeness (QED) is 0.621. The van der Waals surface area contributed by atoms with Crippen LogP contribution in [-0.2, 0) is 14.3 Å². The fourth-order valence-corrected chi connectivity index (χ4v) is 3.47. The molecule has 4 atom stereocenters. The van der Waals surface area contributed by atoms with Crippen LogP contribution < -0.4 is 0 Å². The molecule has 0 spiro atoms. The molecule has 0 aliphatic carbocycles. The van der Waals surface area contributed by atoms with Crippen LogP contribution in [-0.4, -0.2) is 48.2 Å². The van der Waals surface area contributed by atoms with Crippen LogP contribution in [0.4, 0.5) is 0 Å². The van der Waals surface area contributed by atoms with Gasteiger partial charge in [-0.05, 0) is 43.9 Å². The van der Waals surface area contributed by atoms with E-state index in [-0.39, 0.29) is 13.0 Å². The van der Waals surface area contributed by atoms with Gasteiger partial charge in [-0.2, -0.15) is 0 Å². The van der Waals surface area contributed by atoms with Crippen molar-refractivity contribution in [3.63, 3.8) is 0 Å². The Kier molecular flexibility index (Phi) is 5.60. The van der Waals surface area contributed by atoms with Crippen molar-refractivity contribution in [1.82, 2.24) is 0 Å². The molecule has 2 aliphatic rings. The van der Waals surface area contributed by atoms with E-state index in [1.165, 1.54) is 0 Å². The van der Waals surface area contributed by atoms with Crippen molar-refractivity contribution in [3.05, 3.63) is 0 Å². The Morgan fingerprint density at radius 1 is 1.16 bits per heavy atom. The van der Waals surface area contributed by atoms with Gasteiger partial charge in [-0.15, -0.1) is 0 Å². The number of aliphatic hydroxyl groups excluding tert-OH is 1. The van der Waals surface area contributed by atoms with Gasteiger partial charge in [-0.3, -0.25) is 4.79 Å². The van der Waals surface area contributed by atoms with Gasteiger partial charge in [0.2, 0.25) is 0 Å². The number of carboxylic acids is 1. The van der Waals surface area contributed by atoms with E-state index < -0.39 is 5.97 Å². The second kappa shape index (κ2) is 7.22. The average Bonchev–Trinajstić information content (AvgIpc) is 2.95. The zero-order chi connectivity index (χ0) is 13.7. The summed E-state index contributed by atoms with van der Waals surface area (Å²) in [4.78, 5) is 10.3. The molecule has 5 nitrogen and oxygen atoms in total. The first kappa shape index (κ1) is 14.8. The second-order valence-corrected chi connectivity index (χ2v) is 5.53. The Morgan fingerprint density at radius 2 is 1.84 bits per heavy atom. The van der Waals surface area contributed by atoms with E-state index in [9.17, 15) is 4.79 Å². The average molecular weight is 272 g/mol. The molecule has 2 saturated heterocycles. The maximum atomic E-state index is 10.3. The van der Waals surface area contributed by atoms with Crippen LogP contribution in [0.1, 0.15) is 38.5 Å². The van der Waals surface area contributed by atoms with Gasteiger partial charge in [0.05, 0.1) is 12.2 Å². The lowest BCUT2D eigenvalue weighted by Gasteiger charge is -2.27. The third-order valence-electron chi connectivity index (χ3n) is 4.33. The molecule has 19 heavy (non-hydrogen) atoms. The van der Waals surface area contributed by atoms with Gasteiger partial charge in [-0.1, -0.05) is 0 Å². The monoisotopic (exact) mass is 272 g/mol. The summed E-state index contributed by atoms with van der Waals surface area (Å²) >= 11 is 0. The SMILES string of the molecule is O=C(O)CCCOCC[C@@H]1[C@H](CCO)[C@@H]2CC[C@H]1O2. The molecular weight excluding hydrogens is 248 g/mol. The maximum absolute atomic E-state index is 10.3. The molecule has 2 N–H and O–H groups in total. The second-order valence-electron chi connectivity index (χ2n) is 5.53. The number of hydrogen-bond donors (Lipinski definition) is 2. The molecule has 2 bridgehead atoms. The Labute approximate surface area is 113 Å². The summed E-state index contributed by atoms with van der Waals surface area (Å²) in [5.41, 5.74) is 0. The molecular formula is C14H24O5. The number of carbonyl (C=O) groups is 1. The minimum Gasteiger partial charge on any atom is -0.481 e. The number of fused-ring (bicyclic) bond motifs is 2. The summed E-state index contributed by atoms with van der Waals surface area (Å²) in [5.74, 6) is 0.213. The summed E-state index contributed by atoms with van der Waals surface area (Å²) < 4.78 is 11.4. The van der Waals surface area contributed by atoms with Crippen molar-refractivity contribution in [1.29, 1.82) is 0 Å². The highest BCUT2D eigenvalue weighted by atomic mass is 16.5. The Hall–Kier alpha value is -0.650. The third-order valence-corrected chi connectivity index (χ3v) is 4.33. The van der Waals surface area contributed by atoms with Gasteiger partial charge in [0.15, 0.2) is 0 Å². The first-order chi connectivity index (χ1) is 9.22. The lowest BCUT2D eigenvalue weighted by Crippen LogP contribution is -2.29. The van der Waals surface area contributed by atoms with Gasteiger partial charge < -0.3 is 19.7 Å². The van der Waals surface area contributed by atoms with Gasteiger partial charge in [-0.25, -0.2) is 0 Å².